The lowest BCUT2D eigenvalue weighted by atomic mass is 10.1. The second kappa shape index (κ2) is 15.2. The van der Waals surface area contributed by atoms with E-state index in [0.29, 0.717) is 30.9 Å². The van der Waals surface area contributed by atoms with E-state index >= 15 is 0 Å². The summed E-state index contributed by atoms with van der Waals surface area (Å²) in [5, 5.41) is 2.89. The summed E-state index contributed by atoms with van der Waals surface area (Å²) in [6, 6.07) is 19.1. The van der Waals surface area contributed by atoms with Gasteiger partial charge in [-0.15, -0.1) is 0 Å². The van der Waals surface area contributed by atoms with Gasteiger partial charge in [-0.2, -0.15) is 0 Å². The SMILES string of the molecule is CCCCNC(=O)[C@@H](CC)N(Cc1ccc(F)cc1)C(=O)CN(c1ccc(OCC)cc1)S(=O)(=O)c1ccccc1. The largest absolute Gasteiger partial charge is 0.494 e. The molecule has 8 nitrogen and oxygen atoms in total. The monoisotopic (exact) mass is 583 g/mol. The first-order valence-corrected chi connectivity index (χ1v) is 15.3. The number of amides is 2. The molecule has 41 heavy (non-hydrogen) atoms. The summed E-state index contributed by atoms with van der Waals surface area (Å²) >= 11 is 0. The molecule has 0 radical (unpaired) electrons. The van der Waals surface area contributed by atoms with Gasteiger partial charge in [0.05, 0.1) is 17.2 Å². The number of nitrogens with zero attached hydrogens (tertiary/aromatic N) is 2. The fraction of sp³-hybridized carbons (Fsp3) is 0.355. The van der Waals surface area contributed by atoms with Crippen molar-refractivity contribution in [1.82, 2.24) is 10.2 Å². The molecule has 3 aromatic carbocycles. The number of rotatable bonds is 15. The van der Waals surface area contributed by atoms with Crippen LogP contribution in [0.15, 0.2) is 83.8 Å². The molecule has 2 amide bonds. The Labute approximate surface area is 242 Å². The van der Waals surface area contributed by atoms with Gasteiger partial charge in [0, 0.05) is 13.1 Å². The first kappa shape index (κ1) is 31.6. The van der Waals surface area contributed by atoms with E-state index in [1.807, 2.05) is 13.8 Å². The Bertz CT molecular complexity index is 1370. The normalized spacial score (nSPS) is 11.9. The number of benzene rings is 3. The molecule has 10 heteroatoms. The molecule has 1 N–H and O–H groups in total. The van der Waals surface area contributed by atoms with Crippen LogP contribution in [0.3, 0.4) is 0 Å². The van der Waals surface area contributed by atoms with Crippen molar-refractivity contribution < 1.29 is 27.1 Å². The minimum atomic E-state index is -4.16. The van der Waals surface area contributed by atoms with Gasteiger partial charge in [0.1, 0.15) is 24.2 Å². The third-order valence-corrected chi connectivity index (χ3v) is 8.32. The number of anilines is 1. The number of hydrogen-bond acceptors (Lipinski definition) is 5. The number of nitrogens with one attached hydrogen (secondary N) is 1. The smallest absolute Gasteiger partial charge is 0.264 e. The van der Waals surface area contributed by atoms with E-state index in [0.717, 1.165) is 17.1 Å². The molecule has 0 spiro atoms. The summed E-state index contributed by atoms with van der Waals surface area (Å²) in [5.74, 6) is -0.755. The zero-order valence-electron chi connectivity index (χ0n) is 23.8. The van der Waals surface area contributed by atoms with Gasteiger partial charge >= 0.3 is 0 Å². The van der Waals surface area contributed by atoms with E-state index in [1.54, 1.807) is 61.5 Å². The van der Waals surface area contributed by atoms with Crippen LogP contribution < -0.4 is 14.4 Å². The predicted molar refractivity (Wildman–Crippen MR) is 158 cm³/mol. The molecule has 0 aliphatic carbocycles. The van der Waals surface area contributed by atoms with Crippen LogP contribution in [0, 0.1) is 5.82 Å². The molecule has 0 aliphatic rings. The van der Waals surface area contributed by atoms with Crippen LogP contribution in [0.2, 0.25) is 0 Å². The van der Waals surface area contributed by atoms with E-state index in [9.17, 15) is 22.4 Å². The maximum atomic E-state index is 14.0. The zero-order chi connectivity index (χ0) is 29.8. The fourth-order valence-electron chi connectivity index (χ4n) is 4.34. The molecule has 220 valence electrons. The average Bonchev–Trinajstić information content (AvgIpc) is 2.98. The summed E-state index contributed by atoms with van der Waals surface area (Å²) < 4.78 is 47.9. The highest BCUT2D eigenvalue weighted by Gasteiger charge is 2.33. The number of halogens is 1. The summed E-state index contributed by atoms with van der Waals surface area (Å²) in [7, 11) is -4.16. The number of sulfonamides is 1. The van der Waals surface area contributed by atoms with E-state index in [2.05, 4.69) is 5.32 Å². The minimum Gasteiger partial charge on any atom is -0.494 e. The molecular formula is C31H38FN3O5S. The molecule has 3 rings (SSSR count). The first-order chi connectivity index (χ1) is 19.7. The van der Waals surface area contributed by atoms with Gasteiger partial charge in [-0.1, -0.05) is 50.6 Å². The lowest BCUT2D eigenvalue weighted by molar-refractivity contribution is -0.140. The van der Waals surface area contributed by atoms with Crippen molar-refractivity contribution in [2.45, 2.75) is 57.5 Å². The topological polar surface area (TPSA) is 96.0 Å². The minimum absolute atomic E-state index is 0.00131. The maximum absolute atomic E-state index is 14.0. The van der Waals surface area contributed by atoms with Gasteiger partial charge in [-0.25, -0.2) is 12.8 Å². The summed E-state index contributed by atoms with van der Waals surface area (Å²) in [6.07, 6.45) is 1.98. The van der Waals surface area contributed by atoms with Crippen LogP contribution in [0.25, 0.3) is 0 Å². The second-order valence-corrected chi connectivity index (χ2v) is 11.3. The van der Waals surface area contributed by atoms with Gasteiger partial charge in [-0.3, -0.25) is 13.9 Å². The molecule has 0 fully saturated rings. The highest BCUT2D eigenvalue weighted by atomic mass is 32.2. The van der Waals surface area contributed by atoms with E-state index in [4.69, 9.17) is 4.74 Å². The van der Waals surface area contributed by atoms with Crippen molar-refractivity contribution in [3.05, 3.63) is 90.2 Å². The maximum Gasteiger partial charge on any atom is 0.264 e. The molecule has 0 saturated heterocycles. The van der Waals surface area contributed by atoms with Crippen LogP contribution in [0.1, 0.15) is 45.6 Å². The van der Waals surface area contributed by atoms with Gasteiger partial charge in [0.15, 0.2) is 0 Å². The number of carbonyl (C=O) groups excluding carboxylic acids is 2. The number of unbranched alkanes of at least 4 members (excludes halogenated alkanes) is 1. The Kier molecular flexibility index (Phi) is 11.7. The fourth-order valence-corrected chi connectivity index (χ4v) is 5.77. The molecule has 0 heterocycles. The number of hydrogen-bond donors (Lipinski definition) is 1. The van der Waals surface area contributed by atoms with Crippen LogP contribution in [-0.4, -0.2) is 50.9 Å². The van der Waals surface area contributed by atoms with Gasteiger partial charge < -0.3 is 15.0 Å². The van der Waals surface area contributed by atoms with Gasteiger partial charge in [0.2, 0.25) is 11.8 Å². The standard InChI is InChI=1S/C31H38FN3O5S/c1-4-7-21-33-31(37)29(5-2)34(22-24-13-15-25(32)16-14-24)30(36)23-35(26-17-19-27(20-18-26)40-6-3)41(38,39)28-11-9-8-10-12-28/h8-20,29H,4-7,21-23H2,1-3H3,(H,33,37)/t29-/m1/s1. The lowest BCUT2D eigenvalue weighted by Crippen LogP contribution is -2.52. The van der Waals surface area contributed by atoms with Crippen molar-refractivity contribution in [1.29, 1.82) is 0 Å². The van der Waals surface area contributed by atoms with Gasteiger partial charge in [-0.05, 0) is 73.9 Å². The predicted octanol–water partition coefficient (Wildman–Crippen LogP) is 5.14. The molecule has 0 aromatic heterocycles. The quantitative estimate of drug-likeness (QED) is 0.250. The van der Waals surface area contributed by atoms with Crippen LogP contribution in [0.5, 0.6) is 5.75 Å². The van der Waals surface area contributed by atoms with E-state index < -0.39 is 34.3 Å². The lowest BCUT2D eigenvalue weighted by Gasteiger charge is -2.33. The number of ether oxygens (including phenoxy) is 1. The van der Waals surface area contributed by atoms with Crippen molar-refractivity contribution >= 4 is 27.5 Å². The molecular weight excluding hydrogens is 545 g/mol. The van der Waals surface area contributed by atoms with Crippen LogP contribution in [0.4, 0.5) is 10.1 Å². The van der Waals surface area contributed by atoms with Crippen molar-refractivity contribution in [3.63, 3.8) is 0 Å². The summed E-state index contributed by atoms with van der Waals surface area (Å²) in [6.45, 7) is 6.01. The Morgan fingerprint density at radius 1 is 0.927 bits per heavy atom. The average molecular weight is 584 g/mol. The molecule has 0 bridgehead atoms. The molecule has 3 aromatic rings. The number of carbonyl (C=O) groups is 2. The molecule has 1 atom stereocenters. The van der Waals surface area contributed by atoms with Crippen LogP contribution >= 0.6 is 0 Å². The summed E-state index contributed by atoms with van der Waals surface area (Å²) in [5.41, 5.74) is 0.880. The highest BCUT2D eigenvalue weighted by Crippen LogP contribution is 2.27. The van der Waals surface area contributed by atoms with Crippen LogP contribution in [-0.2, 0) is 26.2 Å². The Balaban J connectivity index is 2.02. The third kappa shape index (κ3) is 8.53. The second-order valence-electron chi connectivity index (χ2n) is 9.47. The van der Waals surface area contributed by atoms with Crippen molar-refractivity contribution in [2.75, 3.05) is 24.0 Å². The van der Waals surface area contributed by atoms with Crippen molar-refractivity contribution in [2.24, 2.45) is 0 Å². The van der Waals surface area contributed by atoms with E-state index in [-0.39, 0.29) is 23.0 Å². The van der Waals surface area contributed by atoms with Gasteiger partial charge in [0.25, 0.3) is 10.0 Å². The molecule has 0 aliphatic heterocycles. The Hall–Kier alpha value is -3.92. The highest BCUT2D eigenvalue weighted by molar-refractivity contribution is 7.92. The van der Waals surface area contributed by atoms with Crippen molar-refractivity contribution in [3.8, 4) is 5.75 Å². The third-order valence-electron chi connectivity index (χ3n) is 6.53. The summed E-state index contributed by atoms with van der Waals surface area (Å²) in [4.78, 5) is 28.6. The first-order valence-electron chi connectivity index (χ1n) is 13.8. The molecule has 0 unspecified atom stereocenters. The zero-order valence-corrected chi connectivity index (χ0v) is 24.6. The van der Waals surface area contributed by atoms with E-state index in [1.165, 1.54) is 29.2 Å². The molecule has 0 saturated carbocycles. The Morgan fingerprint density at radius 3 is 2.17 bits per heavy atom. The Morgan fingerprint density at radius 2 is 1.59 bits per heavy atom.